The standard InChI is InChI=1S/C27H29BrO3/c1-19(2)30-24-13-14-25(28)23(17-24)12-10-21-11-15-26(31-20(3)4)27(16-21)29-18-22-8-6-5-7-9-22/h5-17,19-20H,18H2,1-4H3/b12-10-. The van der Waals surface area contributed by atoms with Crippen molar-refractivity contribution in [1.29, 1.82) is 0 Å². The SMILES string of the molecule is CC(C)Oc1ccc(Br)c(/C=C\c2ccc(OC(C)C)c(OCc3ccccc3)c2)c1. The van der Waals surface area contributed by atoms with Crippen molar-refractivity contribution in [2.75, 3.05) is 0 Å². The second-order valence-corrected chi connectivity index (χ2v) is 8.68. The van der Waals surface area contributed by atoms with Crippen LogP contribution in [0.5, 0.6) is 17.2 Å². The van der Waals surface area contributed by atoms with Crippen molar-refractivity contribution < 1.29 is 14.2 Å². The van der Waals surface area contributed by atoms with Gasteiger partial charge in [-0.05, 0) is 74.7 Å². The Morgan fingerprint density at radius 2 is 1.52 bits per heavy atom. The van der Waals surface area contributed by atoms with Crippen molar-refractivity contribution >= 4 is 28.1 Å². The van der Waals surface area contributed by atoms with Gasteiger partial charge in [-0.3, -0.25) is 0 Å². The minimum absolute atomic E-state index is 0.0696. The minimum Gasteiger partial charge on any atom is -0.491 e. The highest BCUT2D eigenvalue weighted by Gasteiger charge is 2.09. The zero-order chi connectivity index (χ0) is 22.2. The van der Waals surface area contributed by atoms with Crippen LogP contribution < -0.4 is 14.2 Å². The van der Waals surface area contributed by atoms with Crippen LogP contribution in [0.2, 0.25) is 0 Å². The highest BCUT2D eigenvalue weighted by molar-refractivity contribution is 9.10. The lowest BCUT2D eigenvalue weighted by atomic mass is 10.1. The van der Waals surface area contributed by atoms with Crippen LogP contribution in [0, 0.1) is 0 Å². The molecule has 162 valence electrons. The Bertz CT molecular complexity index is 1010. The Labute approximate surface area is 193 Å². The first-order chi connectivity index (χ1) is 14.9. The van der Waals surface area contributed by atoms with Crippen molar-refractivity contribution in [1.82, 2.24) is 0 Å². The normalized spacial score (nSPS) is 11.3. The van der Waals surface area contributed by atoms with Gasteiger partial charge < -0.3 is 14.2 Å². The van der Waals surface area contributed by atoms with E-state index in [4.69, 9.17) is 14.2 Å². The van der Waals surface area contributed by atoms with Crippen molar-refractivity contribution in [3.8, 4) is 17.2 Å². The third kappa shape index (κ3) is 7.18. The smallest absolute Gasteiger partial charge is 0.162 e. The number of rotatable bonds is 9. The molecule has 0 N–H and O–H groups in total. The Hall–Kier alpha value is -2.72. The molecule has 0 aromatic heterocycles. The topological polar surface area (TPSA) is 27.7 Å². The fourth-order valence-electron chi connectivity index (χ4n) is 3.01. The Balaban J connectivity index is 1.82. The molecular weight excluding hydrogens is 452 g/mol. The summed E-state index contributed by atoms with van der Waals surface area (Å²) in [6.07, 6.45) is 4.33. The molecule has 0 amide bonds. The minimum atomic E-state index is 0.0696. The monoisotopic (exact) mass is 480 g/mol. The maximum absolute atomic E-state index is 6.12. The maximum Gasteiger partial charge on any atom is 0.162 e. The Kier molecular flexibility index (Phi) is 8.19. The number of hydrogen-bond acceptors (Lipinski definition) is 3. The molecule has 0 atom stereocenters. The average molecular weight is 481 g/mol. The number of hydrogen-bond donors (Lipinski definition) is 0. The lowest BCUT2D eigenvalue weighted by molar-refractivity contribution is 0.218. The van der Waals surface area contributed by atoms with E-state index >= 15 is 0 Å². The third-order valence-electron chi connectivity index (χ3n) is 4.36. The average Bonchev–Trinajstić information content (AvgIpc) is 2.74. The molecule has 0 aliphatic rings. The summed E-state index contributed by atoms with van der Waals surface area (Å²) >= 11 is 3.62. The molecule has 0 aliphatic carbocycles. The van der Waals surface area contributed by atoms with Crippen LogP contribution in [0.4, 0.5) is 0 Å². The van der Waals surface area contributed by atoms with Gasteiger partial charge in [0.1, 0.15) is 12.4 Å². The zero-order valence-corrected chi connectivity index (χ0v) is 20.1. The Morgan fingerprint density at radius 3 is 2.23 bits per heavy atom. The van der Waals surface area contributed by atoms with E-state index in [0.29, 0.717) is 6.61 Å². The van der Waals surface area contributed by atoms with Crippen LogP contribution >= 0.6 is 15.9 Å². The quantitative estimate of drug-likeness (QED) is 0.292. The molecule has 0 aliphatic heterocycles. The summed E-state index contributed by atoms with van der Waals surface area (Å²) in [5.74, 6) is 2.33. The second kappa shape index (κ2) is 11.1. The first kappa shape index (κ1) is 23.0. The van der Waals surface area contributed by atoms with Crippen LogP contribution in [-0.4, -0.2) is 12.2 Å². The number of halogens is 1. The van der Waals surface area contributed by atoms with E-state index in [-0.39, 0.29) is 12.2 Å². The Morgan fingerprint density at radius 1 is 0.774 bits per heavy atom. The predicted octanol–water partition coefficient (Wildman–Crippen LogP) is 7.77. The lowest BCUT2D eigenvalue weighted by Gasteiger charge is -2.16. The first-order valence-electron chi connectivity index (χ1n) is 10.5. The third-order valence-corrected chi connectivity index (χ3v) is 5.08. The van der Waals surface area contributed by atoms with Crippen LogP contribution in [0.25, 0.3) is 12.2 Å². The van der Waals surface area contributed by atoms with Crippen molar-refractivity contribution in [2.24, 2.45) is 0 Å². The molecule has 3 aromatic rings. The van der Waals surface area contributed by atoms with E-state index in [1.807, 2.05) is 82.3 Å². The summed E-state index contributed by atoms with van der Waals surface area (Å²) < 4.78 is 18.9. The molecular formula is C27H29BrO3. The molecule has 0 bridgehead atoms. The lowest BCUT2D eigenvalue weighted by Crippen LogP contribution is -2.07. The van der Waals surface area contributed by atoms with Crippen LogP contribution in [-0.2, 0) is 6.61 Å². The van der Waals surface area contributed by atoms with E-state index in [1.165, 1.54) is 0 Å². The van der Waals surface area contributed by atoms with Gasteiger partial charge in [0.15, 0.2) is 11.5 Å². The van der Waals surface area contributed by atoms with Crippen molar-refractivity contribution in [2.45, 2.75) is 46.5 Å². The summed E-state index contributed by atoms with van der Waals surface area (Å²) in [6, 6.07) is 22.1. The summed E-state index contributed by atoms with van der Waals surface area (Å²) in [5, 5.41) is 0. The van der Waals surface area contributed by atoms with Gasteiger partial charge in [0.25, 0.3) is 0 Å². The van der Waals surface area contributed by atoms with E-state index in [0.717, 1.165) is 38.4 Å². The summed E-state index contributed by atoms with van der Waals surface area (Å²) in [6.45, 7) is 8.56. The molecule has 0 spiro atoms. The maximum atomic E-state index is 6.12. The van der Waals surface area contributed by atoms with Crippen LogP contribution in [0.3, 0.4) is 0 Å². The van der Waals surface area contributed by atoms with Gasteiger partial charge in [-0.2, -0.15) is 0 Å². The molecule has 3 rings (SSSR count). The van der Waals surface area contributed by atoms with Gasteiger partial charge in [-0.15, -0.1) is 0 Å². The molecule has 3 aromatic carbocycles. The summed E-state index contributed by atoms with van der Waals surface area (Å²) in [7, 11) is 0. The van der Waals surface area contributed by atoms with E-state index in [1.54, 1.807) is 0 Å². The largest absolute Gasteiger partial charge is 0.491 e. The molecule has 0 saturated carbocycles. The summed E-state index contributed by atoms with van der Waals surface area (Å²) in [5.41, 5.74) is 3.19. The molecule has 3 nitrogen and oxygen atoms in total. The summed E-state index contributed by atoms with van der Waals surface area (Å²) in [4.78, 5) is 0. The molecule has 0 heterocycles. The molecule has 31 heavy (non-hydrogen) atoms. The fraction of sp³-hybridized carbons (Fsp3) is 0.259. The molecule has 4 heteroatoms. The first-order valence-corrected chi connectivity index (χ1v) is 11.3. The van der Waals surface area contributed by atoms with Gasteiger partial charge in [0.2, 0.25) is 0 Å². The van der Waals surface area contributed by atoms with Crippen LogP contribution in [0.15, 0.2) is 71.2 Å². The predicted molar refractivity (Wildman–Crippen MR) is 132 cm³/mol. The molecule has 0 fully saturated rings. The van der Waals surface area contributed by atoms with Crippen molar-refractivity contribution in [3.63, 3.8) is 0 Å². The van der Waals surface area contributed by atoms with Crippen LogP contribution in [0.1, 0.15) is 44.4 Å². The highest BCUT2D eigenvalue weighted by atomic mass is 79.9. The number of ether oxygens (including phenoxy) is 3. The van der Waals surface area contributed by atoms with Crippen molar-refractivity contribution in [3.05, 3.63) is 87.9 Å². The van der Waals surface area contributed by atoms with Gasteiger partial charge in [-0.25, -0.2) is 0 Å². The zero-order valence-electron chi connectivity index (χ0n) is 18.5. The second-order valence-electron chi connectivity index (χ2n) is 7.83. The number of benzene rings is 3. The highest BCUT2D eigenvalue weighted by Crippen LogP contribution is 2.31. The molecule has 0 unspecified atom stereocenters. The van der Waals surface area contributed by atoms with Gasteiger partial charge in [0, 0.05) is 4.47 Å². The van der Waals surface area contributed by atoms with E-state index in [2.05, 4.69) is 40.2 Å². The van der Waals surface area contributed by atoms with E-state index in [9.17, 15) is 0 Å². The van der Waals surface area contributed by atoms with Gasteiger partial charge >= 0.3 is 0 Å². The van der Waals surface area contributed by atoms with Gasteiger partial charge in [-0.1, -0.05) is 64.5 Å². The fourth-order valence-corrected chi connectivity index (χ4v) is 3.39. The van der Waals surface area contributed by atoms with E-state index < -0.39 is 0 Å². The molecule has 0 saturated heterocycles. The molecule has 0 radical (unpaired) electrons. The van der Waals surface area contributed by atoms with Gasteiger partial charge in [0.05, 0.1) is 12.2 Å².